The lowest BCUT2D eigenvalue weighted by Gasteiger charge is -2.24. The lowest BCUT2D eigenvalue weighted by molar-refractivity contribution is 0.248. The Morgan fingerprint density at radius 3 is 3.06 bits per heavy atom. The van der Waals surface area contributed by atoms with E-state index >= 15 is 0 Å². The van der Waals surface area contributed by atoms with E-state index in [1.807, 2.05) is 12.3 Å². The van der Waals surface area contributed by atoms with Crippen molar-refractivity contribution in [3.63, 3.8) is 0 Å². The highest BCUT2D eigenvalue weighted by Gasteiger charge is 2.26. The van der Waals surface area contributed by atoms with Gasteiger partial charge in [-0.3, -0.25) is 0 Å². The maximum Gasteiger partial charge on any atom is 0.0947 e. The molecular weight excluding hydrogens is 200 g/mol. The Morgan fingerprint density at radius 1 is 1.50 bits per heavy atom. The molecule has 0 radical (unpaired) electrons. The second-order valence-electron chi connectivity index (χ2n) is 4.91. The van der Waals surface area contributed by atoms with Crippen LogP contribution in [-0.4, -0.2) is 31.6 Å². The average molecular weight is 222 g/mol. The van der Waals surface area contributed by atoms with Gasteiger partial charge in [-0.15, -0.1) is 0 Å². The van der Waals surface area contributed by atoms with Gasteiger partial charge in [0.05, 0.1) is 12.5 Å². The quantitative estimate of drug-likeness (QED) is 0.827. The normalized spacial score (nSPS) is 25.4. The Labute approximate surface area is 97.8 Å². The fourth-order valence-electron chi connectivity index (χ4n) is 2.79. The predicted octanol–water partition coefficient (Wildman–Crippen LogP) is 2.10. The molecular formula is C13H22N2O. The average Bonchev–Trinajstić information content (AvgIpc) is 2.88. The minimum absolute atomic E-state index is 0.715. The van der Waals surface area contributed by atoms with Crippen LogP contribution in [0.3, 0.4) is 0 Å². The minimum Gasteiger partial charge on any atom is -0.472 e. The molecule has 2 rings (SSSR count). The van der Waals surface area contributed by atoms with Crippen LogP contribution in [0.15, 0.2) is 23.0 Å². The van der Waals surface area contributed by atoms with Crippen molar-refractivity contribution < 1.29 is 4.42 Å². The Morgan fingerprint density at radius 2 is 2.38 bits per heavy atom. The SMILES string of the molecule is CNC1CCCC1CN(C)Cc1ccoc1. The number of nitrogens with zero attached hydrogens (tertiary/aromatic N) is 1. The first-order valence-corrected chi connectivity index (χ1v) is 6.16. The molecule has 1 aliphatic carbocycles. The van der Waals surface area contributed by atoms with Gasteiger partial charge in [-0.1, -0.05) is 6.42 Å². The maximum absolute atomic E-state index is 5.09. The van der Waals surface area contributed by atoms with Gasteiger partial charge in [0.1, 0.15) is 0 Å². The zero-order valence-electron chi connectivity index (χ0n) is 10.3. The monoisotopic (exact) mass is 222 g/mol. The van der Waals surface area contributed by atoms with Gasteiger partial charge < -0.3 is 14.6 Å². The van der Waals surface area contributed by atoms with Gasteiger partial charge in [-0.05, 0) is 38.9 Å². The van der Waals surface area contributed by atoms with E-state index in [1.54, 1.807) is 6.26 Å². The van der Waals surface area contributed by atoms with Crippen LogP contribution in [0.5, 0.6) is 0 Å². The molecule has 1 aliphatic rings. The van der Waals surface area contributed by atoms with Crippen LogP contribution in [0, 0.1) is 5.92 Å². The summed E-state index contributed by atoms with van der Waals surface area (Å²) in [6.07, 6.45) is 7.65. The first-order valence-electron chi connectivity index (χ1n) is 6.16. The van der Waals surface area contributed by atoms with Gasteiger partial charge in [-0.2, -0.15) is 0 Å². The van der Waals surface area contributed by atoms with Crippen LogP contribution in [0.4, 0.5) is 0 Å². The van der Waals surface area contributed by atoms with E-state index in [0.29, 0.717) is 6.04 Å². The van der Waals surface area contributed by atoms with Crippen LogP contribution >= 0.6 is 0 Å². The van der Waals surface area contributed by atoms with Crippen molar-refractivity contribution in [3.8, 4) is 0 Å². The molecule has 3 nitrogen and oxygen atoms in total. The molecule has 0 bridgehead atoms. The zero-order chi connectivity index (χ0) is 11.4. The molecule has 2 atom stereocenters. The van der Waals surface area contributed by atoms with Crippen molar-refractivity contribution in [1.82, 2.24) is 10.2 Å². The molecule has 0 saturated heterocycles. The van der Waals surface area contributed by atoms with Gasteiger partial charge in [0.2, 0.25) is 0 Å². The van der Waals surface area contributed by atoms with Gasteiger partial charge in [0.15, 0.2) is 0 Å². The highest BCUT2D eigenvalue weighted by molar-refractivity contribution is 5.04. The summed E-state index contributed by atoms with van der Waals surface area (Å²) < 4.78 is 5.09. The third-order valence-corrected chi connectivity index (χ3v) is 3.61. The van der Waals surface area contributed by atoms with Crippen LogP contribution in [0.25, 0.3) is 0 Å². The Bertz CT molecular complexity index is 297. The van der Waals surface area contributed by atoms with E-state index in [4.69, 9.17) is 4.42 Å². The summed E-state index contributed by atoms with van der Waals surface area (Å²) in [5.74, 6) is 0.807. The number of nitrogens with one attached hydrogen (secondary N) is 1. The van der Waals surface area contributed by atoms with Crippen molar-refractivity contribution in [2.75, 3.05) is 20.6 Å². The second-order valence-corrected chi connectivity index (χ2v) is 4.91. The summed E-state index contributed by atoms with van der Waals surface area (Å²) >= 11 is 0. The van der Waals surface area contributed by atoms with E-state index < -0.39 is 0 Å². The van der Waals surface area contributed by atoms with Crippen molar-refractivity contribution in [2.45, 2.75) is 31.8 Å². The molecule has 16 heavy (non-hydrogen) atoms. The van der Waals surface area contributed by atoms with Crippen LogP contribution in [-0.2, 0) is 6.54 Å². The topological polar surface area (TPSA) is 28.4 Å². The Kier molecular flexibility index (Phi) is 4.02. The van der Waals surface area contributed by atoms with Gasteiger partial charge in [0, 0.05) is 24.7 Å². The van der Waals surface area contributed by atoms with Crippen LogP contribution in [0.2, 0.25) is 0 Å². The summed E-state index contributed by atoms with van der Waals surface area (Å²) in [6.45, 7) is 2.17. The highest BCUT2D eigenvalue weighted by Crippen LogP contribution is 2.26. The van der Waals surface area contributed by atoms with Crippen LogP contribution in [0.1, 0.15) is 24.8 Å². The van der Waals surface area contributed by atoms with Crippen molar-refractivity contribution in [3.05, 3.63) is 24.2 Å². The first-order chi connectivity index (χ1) is 7.79. The smallest absolute Gasteiger partial charge is 0.0947 e. The van der Waals surface area contributed by atoms with Crippen molar-refractivity contribution in [2.24, 2.45) is 5.92 Å². The second kappa shape index (κ2) is 5.51. The molecule has 3 heteroatoms. The van der Waals surface area contributed by atoms with E-state index in [-0.39, 0.29) is 0 Å². The highest BCUT2D eigenvalue weighted by atomic mass is 16.3. The van der Waals surface area contributed by atoms with Crippen LogP contribution < -0.4 is 5.32 Å². The maximum atomic E-state index is 5.09. The third-order valence-electron chi connectivity index (χ3n) is 3.61. The summed E-state index contributed by atoms with van der Waals surface area (Å²) in [5, 5.41) is 3.43. The Balaban J connectivity index is 1.80. The number of furan rings is 1. The van der Waals surface area contributed by atoms with E-state index in [1.165, 1.54) is 31.4 Å². The molecule has 0 spiro atoms. The lowest BCUT2D eigenvalue weighted by atomic mass is 10.0. The number of hydrogen-bond acceptors (Lipinski definition) is 3. The molecule has 1 N–H and O–H groups in total. The van der Waals surface area contributed by atoms with Gasteiger partial charge in [-0.25, -0.2) is 0 Å². The largest absolute Gasteiger partial charge is 0.472 e. The summed E-state index contributed by atoms with van der Waals surface area (Å²) in [4.78, 5) is 2.39. The summed E-state index contributed by atoms with van der Waals surface area (Å²) in [6, 6.07) is 2.76. The molecule has 1 aromatic heterocycles. The minimum atomic E-state index is 0.715. The van der Waals surface area contributed by atoms with Gasteiger partial charge >= 0.3 is 0 Å². The standard InChI is InChI=1S/C13H22N2O/c1-14-13-5-3-4-12(13)9-15(2)8-11-6-7-16-10-11/h6-7,10,12-14H,3-5,8-9H2,1-2H3. The number of hydrogen-bond donors (Lipinski definition) is 1. The molecule has 90 valence electrons. The van der Waals surface area contributed by atoms with Gasteiger partial charge in [0.25, 0.3) is 0 Å². The molecule has 0 aliphatic heterocycles. The van der Waals surface area contributed by atoms with Crippen molar-refractivity contribution >= 4 is 0 Å². The molecule has 1 saturated carbocycles. The fourth-order valence-corrected chi connectivity index (χ4v) is 2.79. The third kappa shape index (κ3) is 2.86. The molecule has 2 unspecified atom stereocenters. The van der Waals surface area contributed by atoms with E-state index in [0.717, 1.165) is 12.5 Å². The molecule has 1 aromatic rings. The Hall–Kier alpha value is -0.800. The van der Waals surface area contributed by atoms with E-state index in [2.05, 4.69) is 24.3 Å². The summed E-state index contributed by atoms with van der Waals surface area (Å²) in [7, 11) is 4.27. The molecule has 1 heterocycles. The summed E-state index contributed by atoms with van der Waals surface area (Å²) in [5.41, 5.74) is 1.27. The molecule has 0 amide bonds. The fraction of sp³-hybridized carbons (Fsp3) is 0.692. The van der Waals surface area contributed by atoms with E-state index in [9.17, 15) is 0 Å². The number of rotatable bonds is 5. The zero-order valence-corrected chi connectivity index (χ0v) is 10.3. The molecule has 1 fully saturated rings. The first kappa shape index (κ1) is 11.7. The predicted molar refractivity (Wildman–Crippen MR) is 65.2 cm³/mol. The lowest BCUT2D eigenvalue weighted by Crippen LogP contribution is -2.36. The van der Waals surface area contributed by atoms with Crippen molar-refractivity contribution in [1.29, 1.82) is 0 Å². The molecule has 0 aromatic carbocycles.